The fourth-order valence-electron chi connectivity index (χ4n) is 5.24. The topological polar surface area (TPSA) is 168 Å². The molecule has 2 aromatic carbocycles. The van der Waals surface area contributed by atoms with Gasteiger partial charge in [-0.15, -0.1) is 0 Å². The third-order valence-corrected chi connectivity index (χ3v) is 9.82. The second-order valence-corrected chi connectivity index (χ2v) is 14.1. The van der Waals surface area contributed by atoms with Crippen LogP contribution in [0, 0.1) is 5.92 Å². The number of hydrogen-bond donors (Lipinski definition) is 4. The van der Waals surface area contributed by atoms with E-state index >= 15 is 4.39 Å². The molecule has 7 atom stereocenters. The van der Waals surface area contributed by atoms with Gasteiger partial charge < -0.3 is 34.7 Å². The summed E-state index contributed by atoms with van der Waals surface area (Å²) in [5, 5.41) is 18.9. The van der Waals surface area contributed by atoms with Crippen LogP contribution < -0.4 is 20.7 Å². The largest absolute Gasteiger partial charge is 0.462 e. The number of benzene rings is 2. The molecule has 242 valence electrons. The first kappa shape index (κ1) is 32.9. The molecule has 5 rings (SSSR count). The minimum Gasteiger partial charge on any atom is -0.462 e. The smallest absolute Gasteiger partial charge is 0.323 e. The van der Waals surface area contributed by atoms with Crippen molar-refractivity contribution in [2.24, 2.45) is 5.92 Å². The van der Waals surface area contributed by atoms with Crippen LogP contribution >= 0.6 is 6.64 Å². The number of anilines is 2. The van der Waals surface area contributed by atoms with E-state index in [9.17, 15) is 9.90 Å². The Morgan fingerprint density at radius 3 is 2.64 bits per heavy atom. The highest BCUT2D eigenvalue weighted by Gasteiger charge is 2.49. The highest BCUT2D eigenvalue weighted by atomic mass is 32.5. The van der Waals surface area contributed by atoms with E-state index in [1.165, 1.54) is 17.8 Å². The van der Waals surface area contributed by atoms with E-state index in [1.54, 1.807) is 33.9 Å². The Bertz CT molecular complexity index is 1720. The summed E-state index contributed by atoms with van der Waals surface area (Å²) >= 11 is 5.91. The minimum absolute atomic E-state index is 0.0145. The Labute approximate surface area is 264 Å². The van der Waals surface area contributed by atoms with Gasteiger partial charge in [0.05, 0.1) is 31.1 Å². The molecule has 0 saturated carbocycles. The van der Waals surface area contributed by atoms with Crippen LogP contribution in [-0.2, 0) is 30.6 Å². The van der Waals surface area contributed by atoms with Crippen molar-refractivity contribution in [2.75, 3.05) is 24.7 Å². The molecule has 1 aliphatic rings. The molecule has 13 nitrogen and oxygen atoms in total. The average Bonchev–Trinajstić information content (AvgIpc) is 3.55. The molecule has 5 N–H and O–H groups in total. The van der Waals surface area contributed by atoms with Crippen molar-refractivity contribution >= 4 is 58.1 Å². The van der Waals surface area contributed by atoms with Gasteiger partial charge in [0.2, 0.25) is 5.95 Å². The number of esters is 1. The lowest BCUT2D eigenvalue weighted by Gasteiger charge is -2.28. The van der Waals surface area contributed by atoms with Crippen LogP contribution in [-0.4, -0.2) is 74.8 Å². The van der Waals surface area contributed by atoms with Crippen molar-refractivity contribution in [3.63, 3.8) is 0 Å². The van der Waals surface area contributed by atoms with Crippen molar-refractivity contribution in [3.8, 4) is 5.75 Å². The SMILES string of the molecule is CNc1nc(N)nc2c1ncn2C1OC(COP(=S)(N[C@@H](C)C(=O)OC(C)C)Oc2cccc3ccccc23)[C@@H](O)C1[C@@H](C)F. The monoisotopic (exact) mass is 661 g/mol. The third-order valence-electron chi connectivity index (χ3n) is 7.33. The number of hydrogen-bond acceptors (Lipinski definition) is 12. The summed E-state index contributed by atoms with van der Waals surface area (Å²) in [5.74, 6) is -0.741. The second kappa shape index (κ2) is 13.5. The van der Waals surface area contributed by atoms with E-state index in [0.29, 0.717) is 22.7 Å². The number of aliphatic hydroxyl groups excluding tert-OH is 1. The molecule has 16 heteroatoms. The maximum atomic E-state index is 15.1. The Morgan fingerprint density at radius 2 is 1.93 bits per heavy atom. The van der Waals surface area contributed by atoms with Gasteiger partial charge in [0.25, 0.3) is 0 Å². The molecular formula is C29H37FN7O6PS. The standard InChI is InChI=1S/C29H37FN7O6PS/c1-15(2)41-28(39)17(4)36-44(45,43-20-12-8-10-18-9-6-7-11-19(18)20)40-13-21-24(38)22(16(3)30)27(42-21)37-14-33-23-25(32-5)34-29(31)35-26(23)37/h6-12,14-17,21-22,24,27,38H,13H2,1-5H3,(H,36,45)(H3,31,32,34,35)/t16-,17+,21?,22?,24-,27?,44?/m1/s1. The van der Waals surface area contributed by atoms with Crippen LogP contribution in [0.4, 0.5) is 16.2 Å². The quantitative estimate of drug-likeness (QED) is 0.127. The molecule has 0 aliphatic carbocycles. The molecule has 1 aliphatic heterocycles. The predicted octanol–water partition coefficient (Wildman–Crippen LogP) is 4.09. The van der Waals surface area contributed by atoms with Crippen LogP contribution in [0.2, 0.25) is 0 Å². The average molecular weight is 662 g/mol. The number of aliphatic hydroxyl groups is 1. The number of alkyl halides is 1. The van der Waals surface area contributed by atoms with Crippen LogP contribution in [0.1, 0.15) is 33.9 Å². The minimum atomic E-state index is -3.52. The van der Waals surface area contributed by atoms with Gasteiger partial charge in [0.1, 0.15) is 30.3 Å². The molecular weight excluding hydrogens is 624 g/mol. The lowest BCUT2D eigenvalue weighted by molar-refractivity contribution is -0.149. The number of nitrogens with one attached hydrogen (secondary N) is 2. The molecule has 45 heavy (non-hydrogen) atoms. The molecule has 0 spiro atoms. The van der Waals surface area contributed by atoms with E-state index in [4.69, 9.17) is 36.1 Å². The number of nitrogen functional groups attached to an aromatic ring is 1. The van der Waals surface area contributed by atoms with Gasteiger partial charge in [0.15, 0.2) is 17.0 Å². The Kier molecular flexibility index (Phi) is 9.87. The molecule has 2 aromatic heterocycles. The Hall–Kier alpha value is -3.46. The summed E-state index contributed by atoms with van der Waals surface area (Å²) in [6, 6.07) is 12.2. The normalized spacial score (nSPS) is 22.8. The van der Waals surface area contributed by atoms with Gasteiger partial charge in [0, 0.05) is 12.4 Å². The van der Waals surface area contributed by atoms with E-state index in [2.05, 4.69) is 25.4 Å². The molecule has 0 bridgehead atoms. The number of carbonyl (C=O) groups is 1. The fraction of sp³-hybridized carbons (Fsp3) is 0.448. The van der Waals surface area contributed by atoms with Crippen LogP contribution in [0.3, 0.4) is 0 Å². The zero-order valence-electron chi connectivity index (χ0n) is 25.5. The first-order valence-electron chi connectivity index (χ1n) is 14.5. The summed E-state index contributed by atoms with van der Waals surface area (Å²) in [5.41, 5.74) is 6.62. The molecule has 4 unspecified atom stereocenters. The van der Waals surface area contributed by atoms with E-state index < -0.39 is 49.2 Å². The Balaban J connectivity index is 1.43. The number of nitrogens with two attached hydrogens (primary N) is 1. The van der Waals surface area contributed by atoms with Crippen LogP contribution in [0.15, 0.2) is 48.8 Å². The summed E-state index contributed by atoms with van der Waals surface area (Å²) < 4.78 is 40.7. The number of fused-ring (bicyclic) bond motifs is 2. The lowest BCUT2D eigenvalue weighted by Crippen LogP contribution is -2.38. The molecule has 4 aromatic rings. The van der Waals surface area contributed by atoms with Crippen LogP contribution in [0.25, 0.3) is 21.9 Å². The predicted molar refractivity (Wildman–Crippen MR) is 172 cm³/mol. The van der Waals surface area contributed by atoms with Gasteiger partial charge in [-0.05, 0) is 51.0 Å². The molecule has 0 amide bonds. The summed E-state index contributed by atoms with van der Waals surface area (Å²) in [7, 11) is 1.66. The van der Waals surface area contributed by atoms with E-state index in [-0.39, 0.29) is 18.7 Å². The number of rotatable bonds is 12. The molecule has 0 radical (unpaired) electrons. The van der Waals surface area contributed by atoms with Gasteiger partial charge >= 0.3 is 12.6 Å². The second-order valence-electron chi connectivity index (χ2n) is 11.0. The number of halogens is 1. The fourth-order valence-corrected chi connectivity index (χ4v) is 7.66. The van der Waals surface area contributed by atoms with Crippen LogP contribution in [0.5, 0.6) is 5.75 Å². The van der Waals surface area contributed by atoms with Crippen molar-refractivity contribution in [2.45, 2.75) is 64.4 Å². The number of carbonyl (C=O) groups excluding carboxylic acids is 1. The number of nitrogens with zero attached hydrogens (tertiary/aromatic N) is 4. The maximum absolute atomic E-state index is 15.1. The molecule has 3 heterocycles. The highest BCUT2D eigenvalue weighted by Crippen LogP contribution is 2.49. The Morgan fingerprint density at radius 1 is 1.20 bits per heavy atom. The first-order chi connectivity index (χ1) is 21.4. The highest BCUT2D eigenvalue weighted by molar-refractivity contribution is 8.09. The summed E-state index contributed by atoms with van der Waals surface area (Å²) in [4.78, 5) is 25.5. The van der Waals surface area contributed by atoms with Gasteiger partial charge in [-0.3, -0.25) is 9.36 Å². The number of aromatic nitrogens is 4. The van der Waals surface area contributed by atoms with Crippen molar-refractivity contribution in [3.05, 3.63) is 48.8 Å². The van der Waals surface area contributed by atoms with E-state index in [1.807, 2.05) is 36.4 Å². The van der Waals surface area contributed by atoms with E-state index in [0.717, 1.165) is 10.8 Å². The third kappa shape index (κ3) is 7.03. The van der Waals surface area contributed by atoms with Gasteiger partial charge in [-0.1, -0.05) is 36.4 Å². The first-order valence-corrected chi connectivity index (χ1v) is 17.1. The maximum Gasteiger partial charge on any atom is 0.323 e. The van der Waals surface area contributed by atoms with Crippen molar-refractivity contribution in [1.82, 2.24) is 24.6 Å². The summed E-state index contributed by atoms with van der Waals surface area (Å²) in [6.45, 7) is 2.61. The molecule has 1 saturated heterocycles. The van der Waals surface area contributed by atoms with Crippen molar-refractivity contribution < 1.29 is 32.8 Å². The van der Waals surface area contributed by atoms with Gasteiger partial charge in [-0.2, -0.15) is 9.97 Å². The molecule has 1 fully saturated rings. The number of ether oxygens (including phenoxy) is 2. The zero-order chi connectivity index (χ0) is 32.5. The number of imidazole rings is 1. The van der Waals surface area contributed by atoms with Gasteiger partial charge in [-0.25, -0.2) is 14.5 Å². The lowest BCUT2D eigenvalue weighted by atomic mass is 9.95. The zero-order valence-corrected chi connectivity index (χ0v) is 27.2. The summed E-state index contributed by atoms with van der Waals surface area (Å²) in [6.07, 6.45) is -3.75. The van der Waals surface area contributed by atoms with Crippen molar-refractivity contribution in [1.29, 1.82) is 0 Å².